The summed E-state index contributed by atoms with van der Waals surface area (Å²) in [5, 5.41) is 3.76. The van der Waals surface area contributed by atoms with E-state index < -0.39 is 0 Å². The zero-order valence-corrected chi connectivity index (χ0v) is 20.0. The zero-order chi connectivity index (χ0) is 24.4. The Hall–Kier alpha value is -4.18. The van der Waals surface area contributed by atoms with Crippen LogP contribution in [0.3, 0.4) is 0 Å². The van der Waals surface area contributed by atoms with Crippen LogP contribution in [0, 0.1) is 0 Å². The van der Waals surface area contributed by atoms with Crippen molar-refractivity contribution < 1.29 is 4.79 Å². The van der Waals surface area contributed by atoms with Crippen LogP contribution in [0.25, 0.3) is 22.3 Å². The lowest BCUT2D eigenvalue weighted by Gasteiger charge is -2.33. The van der Waals surface area contributed by atoms with Crippen molar-refractivity contribution in [1.29, 1.82) is 0 Å². The monoisotopic (exact) mass is 469 g/mol. The number of anilines is 3. The van der Waals surface area contributed by atoms with Gasteiger partial charge in [-0.05, 0) is 31.3 Å². The van der Waals surface area contributed by atoms with Crippen LogP contribution in [0.5, 0.6) is 0 Å². The van der Waals surface area contributed by atoms with Crippen molar-refractivity contribution in [2.75, 3.05) is 62.4 Å². The summed E-state index contributed by atoms with van der Waals surface area (Å²) in [5.41, 5.74) is 2.61. The van der Waals surface area contributed by atoms with Crippen LogP contribution in [0.15, 0.2) is 55.1 Å². The largest absolute Gasteiger partial charge is 0.361 e. The van der Waals surface area contributed by atoms with Gasteiger partial charge < -0.3 is 20.0 Å². The highest BCUT2D eigenvalue weighted by molar-refractivity contribution is 6.04. The summed E-state index contributed by atoms with van der Waals surface area (Å²) < 4.78 is 0. The van der Waals surface area contributed by atoms with E-state index in [0.29, 0.717) is 28.3 Å². The summed E-state index contributed by atoms with van der Waals surface area (Å²) in [7, 11) is 5.94. The molecule has 5 rings (SSSR count). The lowest BCUT2D eigenvalue weighted by Crippen LogP contribution is -2.44. The van der Waals surface area contributed by atoms with E-state index in [4.69, 9.17) is 4.98 Å². The molecule has 0 radical (unpaired) electrons. The van der Waals surface area contributed by atoms with Gasteiger partial charge in [0.1, 0.15) is 23.1 Å². The second-order valence-electron chi connectivity index (χ2n) is 8.76. The standard InChI is InChI=1S/C25H27N9O/c1-32(2)24-16-26-15-21(30-24)19-5-4-18-14-28-22(13-20(18)29-19)31-25(35)17-6-7-27-23(12-17)34-10-8-33(3)9-11-34/h4-7,12-16H,8-11H2,1-3H3,(H,28,31,35). The minimum atomic E-state index is -0.240. The summed E-state index contributed by atoms with van der Waals surface area (Å²) in [5.74, 6) is 1.75. The maximum atomic E-state index is 13.0. The predicted octanol–water partition coefficient (Wildman–Crippen LogP) is 2.55. The number of amides is 1. The van der Waals surface area contributed by atoms with Crippen molar-refractivity contribution in [1.82, 2.24) is 29.8 Å². The summed E-state index contributed by atoms with van der Waals surface area (Å²) >= 11 is 0. The van der Waals surface area contributed by atoms with Crippen molar-refractivity contribution in [3.63, 3.8) is 0 Å². The summed E-state index contributed by atoms with van der Waals surface area (Å²) in [6, 6.07) is 9.13. The molecule has 1 fully saturated rings. The number of carbonyl (C=O) groups is 1. The van der Waals surface area contributed by atoms with Crippen LogP contribution in [0.1, 0.15) is 10.4 Å². The van der Waals surface area contributed by atoms with E-state index >= 15 is 0 Å². The molecule has 4 aromatic rings. The minimum Gasteiger partial charge on any atom is -0.361 e. The third-order valence-corrected chi connectivity index (χ3v) is 5.99. The first-order chi connectivity index (χ1) is 17.0. The number of aromatic nitrogens is 5. The molecule has 0 saturated carbocycles. The number of likely N-dealkylation sites (N-methyl/N-ethyl adjacent to an activating group) is 1. The second kappa shape index (κ2) is 9.59. The maximum Gasteiger partial charge on any atom is 0.257 e. The molecule has 5 heterocycles. The quantitative estimate of drug-likeness (QED) is 0.472. The molecule has 1 amide bonds. The highest BCUT2D eigenvalue weighted by Gasteiger charge is 2.17. The predicted molar refractivity (Wildman–Crippen MR) is 137 cm³/mol. The Morgan fingerprint density at radius 3 is 2.57 bits per heavy atom. The maximum absolute atomic E-state index is 13.0. The van der Waals surface area contributed by atoms with Crippen molar-refractivity contribution in [3.05, 3.63) is 60.7 Å². The molecular weight excluding hydrogens is 442 g/mol. The lowest BCUT2D eigenvalue weighted by atomic mass is 10.2. The fourth-order valence-corrected chi connectivity index (χ4v) is 3.88. The number of nitrogens with zero attached hydrogens (tertiary/aromatic N) is 8. The van der Waals surface area contributed by atoms with Gasteiger partial charge in [-0.2, -0.15) is 0 Å². The fourth-order valence-electron chi connectivity index (χ4n) is 3.88. The molecule has 1 saturated heterocycles. The third kappa shape index (κ3) is 5.02. The van der Waals surface area contributed by atoms with Gasteiger partial charge in [-0.1, -0.05) is 0 Å². The minimum absolute atomic E-state index is 0.240. The molecule has 0 unspecified atom stereocenters. The number of pyridine rings is 3. The number of piperazine rings is 1. The molecule has 1 N–H and O–H groups in total. The van der Waals surface area contributed by atoms with Crippen LogP contribution < -0.4 is 15.1 Å². The van der Waals surface area contributed by atoms with Crippen LogP contribution in [0.2, 0.25) is 0 Å². The van der Waals surface area contributed by atoms with Gasteiger partial charge in [-0.3, -0.25) is 9.78 Å². The zero-order valence-electron chi connectivity index (χ0n) is 20.0. The highest BCUT2D eigenvalue weighted by atomic mass is 16.1. The number of fused-ring (bicyclic) bond motifs is 1. The van der Waals surface area contributed by atoms with Gasteiger partial charge >= 0.3 is 0 Å². The summed E-state index contributed by atoms with van der Waals surface area (Å²) in [6.45, 7) is 3.71. The molecule has 0 atom stereocenters. The van der Waals surface area contributed by atoms with E-state index in [1.54, 1.807) is 36.9 Å². The average Bonchev–Trinajstić information content (AvgIpc) is 2.89. The molecular formula is C25H27N9O. The average molecular weight is 470 g/mol. The molecule has 35 heavy (non-hydrogen) atoms. The molecule has 178 valence electrons. The van der Waals surface area contributed by atoms with Gasteiger partial charge in [0.2, 0.25) is 0 Å². The topological polar surface area (TPSA) is 103 Å². The Kier molecular flexibility index (Phi) is 6.19. The van der Waals surface area contributed by atoms with E-state index in [0.717, 1.165) is 43.2 Å². The molecule has 1 aliphatic rings. The fraction of sp³-hybridized carbons (Fsp3) is 0.280. The van der Waals surface area contributed by atoms with Gasteiger partial charge in [0, 0.05) is 69.7 Å². The van der Waals surface area contributed by atoms with Crippen molar-refractivity contribution in [3.8, 4) is 11.4 Å². The molecule has 1 aliphatic heterocycles. The third-order valence-electron chi connectivity index (χ3n) is 5.99. The Balaban J connectivity index is 1.36. The molecule has 0 bridgehead atoms. The smallest absolute Gasteiger partial charge is 0.257 e. The van der Waals surface area contributed by atoms with Gasteiger partial charge in [0.05, 0.1) is 23.6 Å². The Morgan fingerprint density at radius 1 is 0.943 bits per heavy atom. The normalized spacial score (nSPS) is 14.2. The number of hydrogen-bond acceptors (Lipinski definition) is 9. The number of rotatable bonds is 5. The first-order valence-corrected chi connectivity index (χ1v) is 11.4. The SMILES string of the molecule is CN1CCN(c2cc(C(=O)Nc3cc4nc(-c5cncc(N(C)C)n5)ccc4cn3)ccn2)CC1. The van der Waals surface area contributed by atoms with Gasteiger partial charge in [-0.15, -0.1) is 0 Å². The first kappa shape index (κ1) is 22.6. The van der Waals surface area contributed by atoms with Gasteiger partial charge in [0.25, 0.3) is 5.91 Å². The molecule has 10 heteroatoms. The van der Waals surface area contributed by atoms with Crippen LogP contribution in [-0.4, -0.2) is 83.0 Å². The summed E-state index contributed by atoms with van der Waals surface area (Å²) in [4.78, 5) is 41.8. The Morgan fingerprint density at radius 2 is 1.77 bits per heavy atom. The van der Waals surface area contributed by atoms with Crippen molar-refractivity contribution in [2.45, 2.75) is 0 Å². The molecule has 0 aliphatic carbocycles. The van der Waals surface area contributed by atoms with Crippen LogP contribution in [-0.2, 0) is 0 Å². The highest BCUT2D eigenvalue weighted by Crippen LogP contribution is 2.22. The summed E-state index contributed by atoms with van der Waals surface area (Å²) in [6.07, 6.45) is 6.77. The first-order valence-electron chi connectivity index (χ1n) is 11.4. The van der Waals surface area contributed by atoms with E-state index in [2.05, 4.69) is 42.1 Å². The van der Waals surface area contributed by atoms with E-state index in [1.165, 1.54) is 0 Å². The Labute approximate surface area is 203 Å². The van der Waals surface area contributed by atoms with Gasteiger partial charge in [-0.25, -0.2) is 19.9 Å². The Bertz CT molecular complexity index is 1370. The van der Waals surface area contributed by atoms with Crippen molar-refractivity contribution >= 4 is 34.3 Å². The lowest BCUT2D eigenvalue weighted by molar-refractivity contribution is 0.102. The van der Waals surface area contributed by atoms with Gasteiger partial charge in [0.15, 0.2) is 0 Å². The number of nitrogens with one attached hydrogen (secondary N) is 1. The number of carbonyl (C=O) groups excluding carboxylic acids is 1. The van der Waals surface area contributed by atoms with E-state index in [1.807, 2.05) is 37.2 Å². The molecule has 4 aromatic heterocycles. The molecule has 10 nitrogen and oxygen atoms in total. The van der Waals surface area contributed by atoms with E-state index in [-0.39, 0.29) is 5.91 Å². The number of hydrogen-bond donors (Lipinski definition) is 1. The van der Waals surface area contributed by atoms with E-state index in [9.17, 15) is 4.79 Å². The second-order valence-corrected chi connectivity index (χ2v) is 8.76. The van der Waals surface area contributed by atoms with Crippen molar-refractivity contribution in [2.24, 2.45) is 0 Å². The molecule has 0 spiro atoms. The van der Waals surface area contributed by atoms with Crippen LogP contribution >= 0.6 is 0 Å². The molecule has 0 aromatic carbocycles. The van der Waals surface area contributed by atoms with Crippen LogP contribution in [0.4, 0.5) is 17.5 Å².